The van der Waals surface area contributed by atoms with Crippen LogP contribution in [0.4, 0.5) is 5.69 Å². The number of carbonyl (C=O) groups excluding carboxylic acids is 2. The molecule has 2 rings (SSSR count). The Kier molecular flexibility index (Phi) is 6.82. The minimum atomic E-state index is -0.615. The van der Waals surface area contributed by atoms with Crippen molar-refractivity contribution in [3.05, 3.63) is 54.1 Å². The van der Waals surface area contributed by atoms with E-state index in [2.05, 4.69) is 26.1 Å². The Hall–Kier alpha value is -3.02. The Morgan fingerprint density at radius 2 is 1.67 bits per heavy atom. The molecule has 0 aliphatic heterocycles. The summed E-state index contributed by atoms with van der Waals surface area (Å²) in [5.74, 6) is 0.137. The van der Waals surface area contributed by atoms with Gasteiger partial charge in [0.25, 0.3) is 5.91 Å². The van der Waals surface area contributed by atoms with Crippen LogP contribution in [0.25, 0.3) is 0 Å². The molecule has 1 amide bonds. The van der Waals surface area contributed by atoms with E-state index in [0.717, 1.165) is 0 Å². The molecular weight excluding hydrogens is 346 g/mol. The fraction of sp³-hybridized carbons (Fsp3) is 0.333. The summed E-state index contributed by atoms with van der Waals surface area (Å²) in [5, 5.41) is 2.63. The quantitative estimate of drug-likeness (QED) is 0.754. The van der Waals surface area contributed by atoms with Gasteiger partial charge in [0, 0.05) is 11.8 Å². The lowest BCUT2D eigenvalue weighted by atomic mass is 9.87. The van der Waals surface area contributed by atoms with Crippen LogP contribution in [-0.2, 0) is 19.7 Å². The number of benzene rings is 2. The highest BCUT2D eigenvalue weighted by atomic mass is 16.6. The Morgan fingerprint density at radius 3 is 2.30 bits per heavy atom. The van der Waals surface area contributed by atoms with E-state index in [1.54, 1.807) is 31.4 Å². The molecule has 0 saturated heterocycles. The van der Waals surface area contributed by atoms with Crippen LogP contribution in [0.2, 0.25) is 0 Å². The number of rotatable bonds is 7. The maximum Gasteiger partial charge on any atom is 0.344 e. The summed E-state index contributed by atoms with van der Waals surface area (Å²) in [6, 6.07) is 14.4. The van der Waals surface area contributed by atoms with Crippen LogP contribution in [0, 0.1) is 0 Å². The molecule has 6 heteroatoms. The molecule has 0 saturated carbocycles. The number of methoxy groups -OCH3 is 1. The first-order valence-corrected chi connectivity index (χ1v) is 8.61. The molecule has 0 heterocycles. The number of nitrogens with one attached hydrogen (secondary N) is 1. The molecule has 0 spiro atoms. The zero-order valence-corrected chi connectivity index (χ0v) is 16.1. The van der Waals surface area contributed by atoms with Crippen molar-refractivity contribution in [1.29, 1.82) is 0 Å². The summed E-state index contributed by atoms with van der Waals surface area (Å²) in [5.41, 5.74) is 1.78. The van der Waals surface area contributed by atoms with Crippen LogP contribution in [0.5, 0.6) is 11.5 Å². The molecule has 0 unspecified atom stereocenters. The molecular formula is C21H25NO5. The number of ether oxygens (including phenoxy) is 3. The average Bonchev–Trinajstić information content (AvgIpc) is 2.64. The Morgan fingerprint density at radius 1 is 0.963 bits per heavy atom. The zero-order valence-electron chi connectivity index (χ0n) is 16.1. The van der Waals surface area contributed by atoms with E-state index in [1.807, 2.05) is 24.3 Å². The van der Waals surface area contributed by atoms with E-state index in [9.17, 15) is 9.59 Å². The molecule has 6 nitrogen and oxygen atoms in total. The van der Waals surface area contributed by atoms with E-state index < -0.39 is 11.9 Å². The molecule has 1 N–H and O–H groups in total. The van der Waals surface area contributed by atoms with Crippen molar-refractivity contribution in [2.45, 2.75) is 26.2 Å². The van der Waals surface area contributed by atoms with Gasteiger partial charge in [-0.15, -0.1) is 0 Å². The third-order valence-corrected chi connectivity index (χ3v) is 3.79. The second-order valence-corrected chi connectivity index (χ2v) is 7.00. The lowest BCUT2D eigenvalue weighted by Crippen LogP contribution is -2.23. The predicted molar refractivity (Wildman–Crippen MR) is 103 cm³/mol. The molecule has 0 atom stereocenters. The summed E-state index contributed by atoms with van der Waals surface area (Å²) in [4.78, 5) is 23.6. The number of carbonyl (C=O) groups is 2. The van der Waals surface area contributed by atoms with Crippen molar-refractivity contribution in [3.8, 4) is 11.5 Å². The van der Waals surface area contributed by atoms with Gasteiger partial charge in [-0.25, -0.2) is 4.79 Å². The van der Waals surface area contributed by atoms with Crippen LogP contribution < -0.4 is 14.8 Å². The van der Waals surface area contributed by atoms with Gasteiger partial charge < -0.3 is 19.5 Å². The molecule has 0 aromatic heterocycles. The first-order chi connectivity index (χ1) is 12.8. The Balaban J connectivity index is 1.74. The normalized spacial score (nSPS) is 10.8. The number of hydrogen-bond acceptors (Lipinski definition) is 5. The van der Waals surface area contributed by atoms with E-state index >= 15 is 0 Å². The molecule has 27 heavy (non-hydrogen) atoms. The van der Waals surface area contributed by atoms with Crippen LogP contribution in [0.3, 0.4) is 0 Å². The van der Waals surface area contributed by atoms with E-state index in [1.165, 1.54) is 5.56 Å². The van der Waals surface area contributed by atoms with Crippen molar-refractivity contribution in [3.63, 3.8) is 0 Å². The molecule has 144 valence electrons. The van der Waals surface area contributed by atoms with E-state index in [-0.39, 0.29) is 18.6 Å². The van der Waals surface area contributed by atoms with Crippen molar-refractivity contribution in [2.75, 3.05) is 25.6 Å². The molecule has 2 aromatic rings. The van der Waals surface area contributed by atoms with E-state index in [4.69, 9.17) is 14.2 Å². The molecule has 0 aliphatic carbocycles. The lowest BCUT2D eigenvalue weighted by Gasteiger charge is -2.19. The molecule has 0 aliphatic rings. The maximum atomic E-state index is 11.9. The smallest absolute Gasteiger partial charge is 0.344 e. The van der Waals surface area contributed by atoms with Crippen LogP contribution >= 0.6 is 0 Å². The molecule has 2 aromatic carbocycles. The second-order valence-electron chi connectivity index (χ2n) is 7.00. The highest BCUT2D eigenvalue weighted by molar-refractivity contribution is 5.93. The molecule has 0 bridgehead atoms. The van der Waals surface area contributed by atoms with Crippen molar-refractivity contribution >= 4 is 17.6 Å². The number of hydrogen-bond donors (Lipinski definition) is 1. The summed E-state index contributed by atoms with van der Waals surface area (Å²) in [6.07, 6.45) is 0. The van der Waals surface area contributed by atoms with Crippen LogP contribution in [-0.4, -0.2) is 32.2 Å². The third kappa shape index (κ3) is 6.66. The topological polar surface area (TPSA) is 73.9 Å². The third-order valence-electron chi connectivity index (χ3n) is 3.79. The molecule has 0 radical (unpaired) electrons. The van der Waals surface area contributed by atoms with Gasteiger partial charge in [-0.2, -0.15) is 0 Å². The van der Waals surface area contributed by atoms with Gasteiger partial charge in [0.15, 0.2) is 13.2 Å². The lowest BCUT2D eigenvalue weighted by molar-refractivity contribution is -0.149. The first-order valence-electron chi connectivity index (χ1n) is 8.61. The van der Waals surface area contributed by atoms with Gasteiger partial charge in [0.2, 0.25) is 0 Å². The maximum absolute atomic E-state index is 11.9. The van der Waals surface area contributed by atoms with Crippen LogP contribution in [0.1, 0.15) is 26.3 Å². The standard InChI is InChI=1S/C21H25NO5/c1-21(2,3)15-8-10-17(11-9-15)26-14-20(24)27-13-19(23)22-16-6-5-7-18(12-16)25-4/h5-12H,13-14H2,1-4H3,(H,22,23). The first kappa shape index (κ1) is 20.3. The molecule has 0 fully saturated rings. The predicted octanol–water partition coefficient (Wildman–Crippen LogP) is 3.55. The number of anilines is 1. The summed E-state index contributed by atoms with van der Waals surface area (Å²) in [6.45, 7) is 5.72. The highest BCUT2D eigenvalue weighted by Gasteiger charge is 2.13. The highest BCUT2D eigenvalue weighted by Crippen LogP contribution is 2.24. The fourth-order valence-corrected chi connectivity index (χ4v) is 2.28. The van der Waals surface area contributed by atoms with Gasteiger partial charge >= 0.3 is 5.97 Å². The number of esters is 1. The summed E-state index contributed by atoms with van der Waals surface area (Å²) in [7, 11) is 1.54. The average molecular weight is 371 g/mol. The van der Waals surface area contributed by atoms with E-state index in [0.29, 0.717) is 17.2 Å². The van der Waals surface area contributed by atoms with Crippen LogP contribution in [0.15, 0.2) is 48.5 Å². The van der Waals surface area contributed by atoms with Gasteiger partial charge in [0.05, 0.1) is 7.11 Å². The SMILES string of the molecule is COc1cccc(NC(=O)COC(=O)COc2ccc(C(C)(C)C)cc2)c1. The Bertz CT molecular complexity index is 778. The van der Waals surface area contributed by atoms with Gasteiger partial charge in [-0.3, -0.25) is 4.79 Å². The monoisotopic (exact) mass is 371 g/mol. The van der Waals surface area contributed by atoms with Gasteiger partial charge in [-0.1, -0.05) is 39.0 Å². The van der Waals surface area contributed by atoms with Gasteiger partial charge in [0.1, 0.15) is 11.5 Å². The van der Waals surface area contributed by atoms with Gasteiger partial charge in [-0.05, 0) is 35.2 Å². The second kappa shape index (κ2) is 9.07. The summed E-state index contributed by atoms with van der Waals surface area (Å²) >= 11 is 0. The Labute approximate surface area is 159 Å². The van der Waals surface area contributed by atoms with Crippen molar-refractivity contribution in [2.24, 2.45) is 0 Å². The summed E-state index contributed by atoms with van der Waals surface area (Å²) < 4.78 is 15.4. The minimum absolute atomic E-state index is 0.0492. The zero-order chi connectivity index (χ0) is 19.9. The minimum Gasteiger partial charge on any atom is -0.497 e. The largest absolute Gasteiger partial charge is 0.497 e. The fourth-order valence-electron chi connectivity index (χ4n) is 2.28. The van der Waals surface area contributed by atoms with Crippen molar-refractivity contribution in [1.82, 2.24) is 0 Å². The number of amides is 1. The van der Waals surface area contributed by atoms with Crippen molar-refractivity contribution < 1.29 is 23.8 Å².